The maximum absolute atomic E-state index is 12.1. The molecule has 0 aliphatic heterocycles. The van der Waals surface area contributed by atoms with Gasteiger partial charge in [0, 0.05) is 18.0 Å². The molecule has 2 N–H and O–H groups in total. The molecule has 0 aromatic heterocycles. The Labute approximate surface area is 138 Å². The van der Waals surface area contributed by atoms with E-state index in [-0.39, 0.29) is 5.75 Å². The number of benzene rings is 2. The highest BCUT2D eigenvalue weighted by molar-refractivity contribution is 5.99. The Morgan fingerprint density at radius 3 is 2.04 bits per heavy atom. The Balaban J connectivity index is 1.86. The summed E-state index contributed by atoms with van der Waals surface area (Å²) >= 11 is 0. The highest BCUT2D eigenvalue weighted by Gasteiger charge is 2.06. The second kappa shape index (κ2) is 8.83. The molecule has 7 heteroatoms. The minimum Gasteiger partial charge on any atom is -0.435 e. The topological polar surface area (TPSA) is 59.6 Å². The third kappa shape index (κ3) is 5.85. The normalized spacial score (nSPS) is 10.5. The van der Waals surface area contributed by atoms with Crippen LogP contribution in [0.5, 0.6) is 5.75 Å². The second-order valence-corrected chi connectivity index (χ2v) is 4.82. The number of carbonyl (C=O) groups excluding carboxylic acids is 1. The minimum absolute atomic E-state index is 0.0286. The van der Waals surface area contributed by atoms with Crippen LogP contribution in [-0.4, -0.2) is 19.2 Å². The number of halogens is 2. The summed E-state index contributed by atoms with van der Waals surface area (Å²) in [6.07, 6.45) is 0. The second-order valence-electron chi connectivity index (χ2n) is 4.82. The van der Waals surface area contributed by atoms with Crippen molar-refractivity contribution in [1.82, 2.24) is 0 Å². The number of amides is 2. The number of nitrogens with one attached hydrogen (secondary N) is 2. The Hall–Kier alpha value is -2.67. The summed E-state index contributed by atoms with van der Waals surface area (Å²) < 4.78 is 33.7. The monoisotopic (exact) mass is 336 g/mol. The first-order valence-electron chi connectivity index (χ1n) is 7.36. The molecule has 0 aliphatic rings. The van der Waals surface area contributed by atoms with Gasteiger partial charge in [0.15, 0.2) is 0 Å². The van der Waals surface area contributed by atoms with Crippen LogP contribution in [0.15, 0.2) is 48.5 Å². The predicted molar refractivity (Wildman–Crippen MR) is 87.5 cm³/mol. The van der Waals surface area contributed by atoms with Gasteiger partial charge in [-0.2, -0.15) is 8.78 Å². The van der Waals surface area contributed by atoms with E-state index in [1.165, 1.54) is 24.3 Å². The van der Waals surface area contributed by atoms with Gasteiger partial charge in [-0.15, -0.1) is 0 Å². The molecule has 0 saturated heterocycles. The van der Waals surface area contributed by atoms with Crippen molar-refractivity contribution in [3.63, 3.8) is 0 Å². The average Bonchev–Trinajstić information content (AvgIpc) is 2.55. The molecule has 0 heterocycles. The molecule has 24 heavy (non-hydrogen) atoms. The molecule has 0 unspecified atom stereocenters. The highest BCUT2D eigenvalue weighted by Crippen LogP contribution is 2.18. The molecule has 0 saturated carbocycles. The fourth-order valence-corrected chi connectivity index (χ4v) is 1.92. The Morgan fingerprint density at radius 1 is 1.00 bits per heavy atom. The van der Waals surface area contributed by atoms with Gasteiger partial charge in [0.05, 0.1) is 6.61 Å². The number of hydrogen-bond donors (Lipinski definition) is 2. The van der Waals surface area contributed by atoms with Gasteiger partial charge in [0.1, 0.15) is 5.75 Å². The summed E-state index contributed by atoms with van der Waals surface area (Å²) in [6.45, 7) is 0.212. The third-order valence-electron chi connectivity index (χ3n) is 3.02. The average molecular weight is 336 g/mol. The molecular formula is C17H18F2N2O3. The molecule has 0 fully saturated rings. The highest BCUT2D eigenvalue weighted by atomic mass is 19.3. The fourth-order valence-electron chi connectivity index (χ4n) is 1.92. The van der Waals surface area contributed by atoms with Crippen LogP contribution in [0.4, 0.5) is 25.0 Å². The molecule has 0 atom stereocenters. The number of carbonyl (C=O) groups is 1. The predicted octanol–water partition coefficient (Wildman–Crippen LogP) is 4.47. The van der Waals surface area contributed by atoms with E-state index in [1.807, 2.05) is 19.1 Å². The van der Waals surface area contributed by atoms with Gasteiger partial charge in [-0.3, -0.25) is 0 Å². The van der Waals surface area contributed by atoms with Crippen LogP contribution >= 0.6 is 0 Å². The first kappa shape index (κ1) is 17.7. The zero-order chi connectivity index (χ0) is 17.4. The van der Waals surface area contributed by atoms with Crippen molar-refractivity contribution in [2.75, 3.05) is 17.2 Å². The lowest BCUT2D eigenvalue weighted by Gasteiger charge is -2.09. The lowest BCUT2D eigenvalue weighted by Crippen LogP contribution is -2.19. The van der Waals surface area contributed by atoms with E-state index in [1.54, 1.807) is 12.1 Å². The maximum atomic E-state index is 12.1. The SMILES string of the molecule is CCOCc1ccc(NC(=O)Nc2ccc(OC(F)F)cc2)cc1. The quantitative estimate of drug-likeness (QED) is 0.784. The zero-order valence-corrected chi connectivity index (χ0v) is 13.1. The molecule has 2 amide bonds. The van der Waals surface area contributed by atoms with Crippen LogP contribution in [0.3, 0.4) is 0 Å². The van der Waals surface area contributed by atoms with E-state index in [9.17, 15) is 13.6 Å². The van der Waals surface area contributed by atoms with Crippen molar-refractivity contribution < 1.29 is 23.0 Å². The van der Waals surface area contributed by atoms with Crippen LogP contribution < -0.4 is 15.4 Å². The largest absolute Gasteiger partial charge is 0.435 e. The van der Waals surface area contributed by atoms with E-state index in [4.69, 9.17) is 4.74 Å². The van der Waals surface area contributed by atoms with Crippen LogP contribution in [0.2, 0.25) is 0 Å². The van der Waals surface area contributed by atoms with Gasteiger partial charge < -0.3 is 20.1 Å². The van der Waals surface area contributed by atoms with Gasteiger partial charge in [0.25, 0.3) is 0 Å². The Morgan fingerprint density at radius 2 is 1.54 bits per heavy atom. The van der Waals surface area contributed by atoms with Crippen molar-refractivity contribution in [2.45, 2.75) is 20.1 Å². The fraction of sp³-hybridized carbons (Fsp3) is 0.235. The summed E-state index contributed by atoms with van der Waals surface area (Å²) in [5, 5.41) is 5.28. The molecular weight excluding hydrogens is 318 g/mol. The summed E-state index contributed by atoms with van der Waals surface area (Å²) in [5.74, 6) is 0.0286. The molecule has 2 rings (SSSR count). The molecule has 2 aromatic rings. The van der Waals surface area contributed by atoms with Gasteiger partial charge in [0.2, 0.25) is 0 Å². The molecule has 0 bridgehead atoms. The van der Waals surface area contributed by atoms with Crippen LogP contribution in [0.1, 0.15) is 12.5 Å². The molecule has 2 aromatic carbocycles. The number of alkyl halides is 2. The van der Waals surface area contributed by atoms with Crippen LogP contribution in [-0.2, 0) is 11.3 Å². The number of anilines is 2. The van der Waals surface area contributed by atoms with Gasteiger partial charge >= 0.3 is 12.6 Å². The molecule has 0 radical (unpaired) electrons. The third-order valence-corrected chi connectivity index (χ3v) is 3.02. The smallest absolute Gasteiger partial charge is 0.387 e. The van der Waals surface area contributed by atoms with Crippen molar-refractivity contribution in [1.29, 1.82) is 0 Å². The summed E-state index contributed by atoms with van der Waals surface area (Å²) in [7, 11) is 0. The maximum Gasteiger partial charge on any atom is 0.387 e. The van der Waals surface area contributed by atoms with Crippen LogP contribution in [0.25, 0.3) is 0 Å². The van der Waals surface area contributed by atoms with Crippen molar-refractivity contribution >= 4 is 17.4 Å². The number of hydrogen-bond acceptors (Lipinski definition) is 3. The van der Waals surface area contributed by atoms with Crippen molar-refractivity contribution in [3.05, 3.63) is 54.1 Å². The van der Waals surface area contributed by atoms with Gasteiger partial charge in [-0.05, 0) is 48.9 Å². The van der Waals surface area contributed by atoms with Crippen molar-refractivity contribution in [2.24, 2.45) is 0 Å². The van der Waals surface area contributed by atoms with Gasteiger partial charge in [-0.25, -0.2) is 4.79 Å². The van der Waals surface area contributed by atoms with Gasteiger partial charge in [-0.1, -0.05) is 12.1 Å². The lowest BCUT2D eigenvalue weighted by molar-refractivity contribution is -0.0498. The van der Waals surface area contributed by atoms with Crippen molar-refractivity contribution in [3.8, 4) is 5.75 Å². The molecule has 128 valence electrons. The Kier molecular flexibility index (Phi) is 6.51. The Bertz CT molecular complexity index is 646. The van der Waals surface area contributed by atoms with E-state index in [0.29, 0.717) is 24.6 Å². The zero-order valence-electron chi connectivity index (χ0n) is 13.1. The minimum atomic E-state index is -2.88. The molecule has 0 aliphatic carbocycles. The lowest BCUT2D eigenvalue weighted by atomic mass is 10.2. The standard InChI is InChI=1S/C17H18F2N2O3/c1-2-23-11-12-3-5-13(6-4-12)20-17(22)21-14-7-9-15(10-8-14)24-16(18)19/h3-10,16H,2,11H2,1H3,(H2,20,21,22). The van der Waals surface area contributed by atoms with E-state index in [2.05, 4.69) is 15.4 Å². The molecule has 5 nitrogen and oxygen atoms in total. The number of rotatable bonds is 7. The summed E-state index contributed by atoms with van der Waals surface area (Å²) in [5.41, 5.74) is 2.10. The van der Waals surface area contributed by atoms with E-state index >= 15 is 0 Å². The number of urea groups is 1. The van der Waals surface area contributed by atoms with E-state index in [0.717, 1.165) is 5.56 Å². The van der Waals surface area contributed by atoms with Crippen LogP contribution in [0, 0.1) is 0 Å². The summed E-state index contributed by atoms with van der Waals surface area (Å²) in [6, 6.07) is 12.5. The van der Waals surface area contributed by atoms with E-state index < -0.39 is 12.6 Å². The first-order chi connectivity index (χ1) is 11.6. The first-order valence-corrected chi connectivity index (χ1v) is 7.36. The number of ether oxygens (including phenoxy) is 2. The molecule has 0 spiro atoms. The summed E-state index contributed by atoms with van der Waals surface area (Å²) in [4.78, 5) is 11.9.